The lowest BCUT2D eigenvalue weighted by Gasteiger charge is -2.37. The molecule has 0 bridgehead atoms. The molecule has 0 spiro atoms. The van der Waals surface area contributed by atoms with Gasteiger partial charge in [-0.2, -0.15) is 0 Å². The number of nitrogens with zero attached hydrogens (tertiary/aromatic N) is 2. The number of benzene rings is 1. The van der Waals surface area contributed by atoms with Gasteiger partial charge >= 0.3 is 0 Å². The van der Waals surface area contributed by atoms with Gasteiger partial charge in [-0.05, 0) is 31.5 Å². The number of carbonyl (C=O) groups is 1. The molecule has 3 rings (SSSR count). The van der Waals surface area contributed by atoms with Crippen LogP contribution in [0.5, 0.6) is 0 Å². The first-order valence-electron chi connectivity index (χ1n) is 8.25. The minimum absolute atomic E-state index is 0. The molecule has 23 heavy (non-hydrogen) atoms. The number of para-hydroxylation sites is 1. The standard InChI is InChI=1S/C17H26N4O.ClH/c1-14-4-2-3-5-16(14)19-17(22)13-20-8-10-21(11-9-20)15-6-7-18-12-15;/h2-5,15,18H,6-13H2,1H3,(H,19,22);1H. The zero-order chi connectivity index (χ0) is 15.4. The second kappa shape index (κ2) is 8.64. The molecule has 1 atom stereocenters. The number of anilines is 1. The van der Waals surface area contributed by atoms with Gasteiger partial charge in [0.1, 0.15) is 0 Å². The van der Waals surface area contributed by atoms with Gasteiger partial charge in [0.2, 0.25) is 5.91 Å². The van der Waals surface area contributed by atoms with Crippen LogP contribution in [0.25, 0.3) is 0 Å². The van der Waals surface area contributed by atoms with Gasteiger partial charge in [0, 0.05) is 44.5 Å². The third kappa shape index (κ3) is 4.91. The van der Waals surface area contributed by atoms with Gasteiger partial charge in [-0.1, -0.05) is 18.2 Å². The molecule has 2 heterocycles. The molecule has 1 aromatic carbocycles. The Morgan fingerprint density at radius 3 is 2.65 bits per heavy atom. The molecule has 2 fully saturated rings. The van der Waals surface area contributed by atoms with Crippen LogP contribution in [0.3, 0.4) is 0 Å². The molecule has 0 aromatic heterocycles. The van der Waals surface area contributed by atoms with Crippen LogP contribution in [0.4, 0.5) is 5.69 Å². The largest absolute Gasteiger partial charge is 0.325 e. The molecular formula is C17H27ClN4O. The summed E-state index contributed by atoms with van der Waals surface area (Å²) >= 11 is 0. The first kappa shape index (κ1) is 18.2. The van der Waals surface area contributed by atoms with Crippen LogP contribution >= 0.6 is 12.4 Å². The number of hydrogen-bond donors (Lipinski definition) is 2. The third-order valence-corrected chi connectivity index (χ3v) is 4.74. The fraction of sp³-hybridized carbons (Fsp3) is 0.588. The average Bonchev–Trinajstić information content (AvgIpc) is 3.05. The van der Waals surface area contributed by atoms with Crippen LogP contribution in [-0.4, -0.2) is 67.6 Å². The number of amides is 1. The van der Waals surface area contributed by atoms with Crippen molar-refractivity contribution >= 4 is 24.0 Å². The van der Waals surface area contributed by atoms with Gasteiger partial charge in [0.05, 0.1) is 6.54 Å². The average molecular weight is 339 g/mol. The highest BCUT2D eigenvalue weighted by molar-refractivity contribution is 5.92. The molecule has 1 aromatic rings. The number of carbonyl (C=O) groups excluding carboxylic acids is 1. The second-order valence-corrected chi connectivity index (χ2v) is 6.32. The zero-order valence-electron chi connectivity index (χ0n) is 13.8. The van der Waals surface area contributed by atoms with Crippen molar-refractivity contribution < 1.29 is 4.79 Å². The van der Waals surface area contributed by atoms with E-state index in [0.717, 1.165) is 50.5 Å². The molecule has 128 valence electrons. The lowest BCUT2D eigenvalue weighted by molar-refractivity contribution is -0.117. The van der Waals surface area contributed by atoms with Gasteiger partial charge in [0.15, 0.2) is 0 Å². The summed E-state index contributed by atoms with van der Waals surface area (Å²) in [6.07, 6.45) is 1.26. The normalized spacial score (nSPS) is 22.6. The van der Waals surface area contributed by atoms with Crippen LogP contribution in [0.1, 0.15) is 12.0 Å². The van der Waals surface area contributed by atoms with Crippen LogP contribution in [-0.2, 0) is 4.79 Å². The van der Waals surface area contributed by atoms with Gasteiger partial charge in [0.25, 0.3) is 0 Å². The highest BCUT2D eigenvalue weighted by Gasteiger charge is 2.26. The van der Waals surface area contributed by atoms with Gasteiger partial charge < -0.3 is 10.6 Å². The smallest absolute Gasteiger partial charge is 0.238 e. The van der Waals surface area contributed by atoms with Crippen LogP contribution in [0, 0.1) is 6.92 Å². The molecule has 2 saturated heterocycles. The maximum Gasteiger partial charge on any atom is 0.238 e. The fourth-order valence-corrected chi connectivity index (χ4v) is 3.34. The Labute approximate surface area is 144 Å². The molecule has 2 aliphatic heterocycles. The topological polar surface area (TPSA) is 47.6 Å². The molecule has 2 N–H and O–H groups in total. The molecule has 5 nitrogen and oxygen atoms in total. The molecule has 0 aliphatic carbocycles. The number of piperazine rings is 1. The van der Waals surface area contributed by atoms with E-state index in [1.54, 1.807) is 0 Å². The predicted molar refractivity (Wildman–Crippen MR) is 96.3 cm³/mol. The maximum absolute atomic E-state index is 12.2. The maximum atomic E-state index is 12.2. The van der Waals surface area contributed by atoms with Crippen molar-refractivity contribution in [3.63, 3.8) is 0 Å². The number of hydrogen-bond acceptors (Lipinski definition) is 4. The van der Waals surface area contributed by atoms with E-state index in [1.807, 2.05) is 31.2 Å². The summed E-state index contributed by atoms with van der Waals surface area (Å²) in [7, 11) is 0. The van der Waals surface area contributed by atoms with E-state index in [0.29, 0.717) is 12.6 Å². The Balaban J connectivity index is 0.00000192. The SMILES string of the molecule is Cc1ccccc1NC(=O)CN1CCN(C2CCNC2)CC1.Cl. The number of rotatable bonds is 4. The lowest BCUT2D eigenvalue weighted by Crippen LogP contribution is -2.52. The molecule has 0 saturated carbocycles. The monoisotopic (exact) mass is 338 g/mol. The molecule has 2 aliphatic rings. The summed E-state index contributed by atoms with van der Waals surface area (Å²) in [6.45, 7) is 8.88. The highest BCUT2D eigenvalue weighted by atomic mass is 35.5. The van der Waals surface area contributed by atoms with E-state index in [4.69, 9.17) is 0 Å². The quantitative estimate of drug-likeness (QED) is 0.869. The van der Waals surface area contributed by atoms with E-state index in [-0.39, 0.29) is 18.3 Å². The zero-order valence-corrected chi connectivity index (χ0v) is 14.6. The summed E-state index contributed by atoms with van der Waals surface area (Å²) in [5, 5.41) is 6.45. The fourth-order valence-electron chi connectivity index (χ4n) is 3.34. The summed E-state index contributed by atoms with van der Waals surface area (Å²) < 4.78 is 0. The number of halogens is 1. The third-order valence-electron chi connectivity index (χ3n) is 4.74. The van der Waals surface area contributed by atoms with E-state index in [9.17, 15) is 4.79 Å². The van der Waals surface area contributed by atoms with Crippen LogP contribution < -0.4 is 10.6 Å². The van der Waals surface area contributed by atoms with Crippen LogP contribution in [0.2, 0.25) is 0 Å². The van der Waals surface area contributed by atoms with Gasteiger partial charge in [-0.15, -0.1) is 12.4 Å². The van der Waals surface area contributed by atoms with Crippen LogP contribution in [0.15, 0.2) is 24.3 Å². The van der Waals surface area contributed by atoms with E-state index >= 15 is 0 Å². The Morgan fingerprint density at radius 2 is 2.00 bits per heavy atom. The first-order valence-corrected chi connectivity index (χ1v) is 8.25. The van der Waals surface area contributed by atoms with Gasteiger partial charge in [-0.25, -0.2) is 0 Å². The van der Waals surface area contributed by atoms with Crippen molar-refractivity contribution in [3.8, 4) is 0 Å². The van der Waals surface area contributed by atoms with Crippen molar-refractivity contribution in [3.05, 3.63) is 29.8 Å². The molecule has 1 unspecified atom stereocenters. The number of nitrogens with one attached hydrogen (secondary N) is 2. The van der Waals surface area contributed by atoms with Gasteiger partial charge in [-0.3, -0.25) is 14.6 Å². The molecule has 6 heteroatoms. The minimum atomic E-state index is 0. The lowest BCUT2D eigenvalue weighted by atomic mass is 10.2. The summed E-state index contributed by atoms with van der Waals surface area (Å²) in [4.78, 5) is 17.0. The Hall–Kier alpha value is -1.14. The second-order valence-electron chi connectivity index (χ2n) is 6.32. The van der Waals surface area contributed by atoms with Crippen molar-refractivity contribution in [1.29, 1.82) is 0 Å². The minimum Gasteiger partial charge on any atom is -0.325 e. The summed E-state index contributed by atoms with van der Waals surface area (Å²) in [6, 6.07) is 8.62. The van der Waals surface area contributed by atoms with Crippen molar-refractivity contribution in [1.82, 2.24) is 15.1 Å². The summed E-state index contributed by atoms with van der Waals surface area (Å²) in [5.41, 5.74) is 2.03. The highest BCUT2D eigenvalue weighted by Crippen LogP contribution is 2.14. The van der Waals surface area contributed by atoms with Crippen molar-refractivity contribution in [2.24, 2.45) is 0 Å². The van der Waals surface area contributed by atoms with Crippen molar-refractivity contribution in [2.45, 2.75) is 19.4 Å². The molecule has 1 amide bonds. The Bertz CT molecular complexity index is 511. The Kier molecular flexibility index (Phi) is 6.84. The predicted octanol–water partition coefficient (Wildman–Crippen LogP) is 1.33. The number of aryl methyl sites for hydroxylation is 1. The first-order chi connectivity index (χ1) is 10.7. The van der Waals surface area contributed by atoms with E-state index in [1.165, 1.54) is 6.42 Å². The summed E-state index contributed by atoms with van der Waals surface area (Å²) in [5.74, 6) is 0.0882. The molecule has 0 radical (unpaired) electrons. The Morgan fingerprint density at radius 1 is 1.26 bits per heavy atom. The van der Waals surface area contributed by atoms with Crippen molar-refractivity contribution in [2.75, 3.05) is 51.1 Å². The molecular weight excluding hydrogens is 312 g/mol. The van der Waals surface area contributed by atoms with E-state index < -0.39 is 0 Å². The van der Waals surface area contributed by atoms with E-state index in [2.05, 4.69) is 20.4 Å².